The van der Waals surface area contributed by atoms with Gasteiger partial charge in [0.1, 0.15) is 16.4 Å². The van der Waals surface area contributed by atoms with E-state index in [4.69, 9.17) is 4.74 Å². The number of hydrogen-bond acceptors (Lipinski definition) is 5. The number of sulfonamides is 1. The van der Waals surface area contributed by atoms with Crippen LogP contribution in [0.4, 0.5) is 20.2 Å². The van der Waals surface area contributed by atoms with E-state index in [2.05, 4.69) is 14.8 Å². The summed E-state index contributed by atoms with van der Waals surface area (Å²) in [5.41, 5.74) is 1.89. The van der Waals surface area contributed by atoms with Crippen LogP contribution in [0, 0.1) is 13.8 Å². The zero-order valence-corrected chi connectivity index (χ0v) is 18.9. The molecule has 2 N–H and O–H groups in total. The van der Waals surface area contributed by atoms with Gasteiger partial charge in [-0.3, -0.25) is 9.52 Å². The molecule has 0 bridgehead atoms. The van der Waals surface area contributed by atoms with E-state index in [9.17, 15) is 22.0 Å². The number of carbonyl (C=O) groups is 1. The molecule has 0 radical (unpaired) electrons. The van der Waals surface area contributed by atoms with Gasteiger partial charge >= 0.3 is 6.61 Å². The largest absolute Gasteiger partial charge is 0.495 e. The maximum absolute atomic E-state index is 13.0. The van der Waals surface area contributed by atoms with Crippen molar-refractivity contribution >= 4 is 27.3 Å². The summed E-state index contributed by atoms with van der Waals surface area (Å²) in [5.74, 6) is -0.667. The Kier molecular flexibility index (Phi) is 7.17. The first-order chi connectivity index (χ1) is 15.6. The average molecular weight is 477 g/mol. The van der Waals surface area contributed by atoms with Crippen LogP contribution in [-0.4, -0.2) is 28.0 Å². The number of halogens is 2. The van der Waals surface area contributed by atoms with Crippen molar-refractivity contribution in [1.29, 1.82) is 0 Å². The Morgan fingerprint density at radius 1 is 0.970 bits per heavy atom. The number of carbonyl (C=O) groups excluding carboxylic acids is 1. The third-order valence-corrected chi connectivity index (χ3v) is 6.17. The monoisotopic (exact) mass is 476 g/mol. The lowest BCUT2D eigenvalue weighted by molar-refractivity contribution is -0.0502. The second-order valence-corrected chi connectivity index (χ2v) is 8.75. The molecule has 1 amide bonds. The Labute approximate surface area is 190 Å². The van der Waals surface area contributed by atoms with Crippen LogP contribution in [-0.2, 0) is 10.0 Å². The van der Waals surface area contributed by atoms with E-state index < -0.39 is 22.5 Å². The van der Waals surface area contributed by atoms with Crippen molar-refractivity contribution in [3.63, 3.8) is 0 Å². The van der Waals surface area contributed by atoms with Crippen LogP contribution in [0.1, 0.15) is 21.5 Å². The van der Waals surface area contributed by atoms with Crippen molar-refractivity contribution in [2.24, 2.45) is 0 Å². The molecule has 10 heteroatoms. The Hall–Kier alpha value is -3.66. The molecule has 174 valence electrons. The van der Waals surface area contributed by atoms with Crippen molar-refractivity contribution in [1.82, 2.24) is 0 Å². The lowest BCUT2D eigenvalue weighted by Gasteiger charge is -2.15. The summed E-state index contributed by atoms with van der Waals surface area (Å²) in [6.07, 6.45) is 0. The lowest BCUT2D eigenvalue weighted by atomic mass is 10.1. The number of hydrogen-bond donors (Lipinski definition) is 2. The van der Waals surface area contributed by atoms with Crippen molar-refractivity contribution in [3.05, 3.63) is 77.4 Å². The van der Waals surface area contributed by atoms with Crippen LogP contribution >= 0.6 is 0 Å². The minimum absolute atomic E-state index is 0.0275. The number of benzene rings is 3. The van der Waals surface area contributed by atoms with Gasteiger partial charge < -0.3 is 14.8 Å². The standard InChI is InChI=1S/C23H22F2N2O5S/c1-14-7-10-17(11-8-14)27-33(29,30)21-13-16(9-12-20(21)31-3)22(28)26-18-5-4-6-19(15(18)2)32-23(24)25/h4-13,23,27H,1-3H3,(H,26,28). The number of rotatable bonds is 8. The van der Waals surface area contributed by atoms with Gasteiger partial charge in [-0.1, -0.05) is 23.8 Å². The molecule has 0 aliphatic rings. The van der Waals surface area contributed by atoms with Gasteiger partial charge in [0.15, 0.2) is 0 Å². The van der Waals surface area contributed by atoms with Crippen LogP contribution < -0.4 is 19.5 Å². The number of methoxy groups -OCH3 is 1. The van der Waals surface area contributed by atoms with Crippen LogP contribution in [0.2, 0.25) is 0 Å². The van der Waals surface area contributed by atoms with Crippen molar-refractivity contribution in [2.45, 2.75) is 25.4 Å². The Bertz CT molecular complexity index is 1260. The minimum atomic E-state index is -4.08. The number of nitrogens with one attached hydrogen (secondary N) is 2. The zero-order chi connectivity index (χ0) is 24.2. The number of ether oxygens (including phenoxy) is 2. The molecule has 33 heavy (non-hydrogen) atoms. The first kappa shape index (κ1) is 24.0. The number of alkyl halides is 2. The molecular formula is C23H22F2N2O5S. The summed E-state index contributed by atoms with van der Waals surface area (Å²) in [6.45, 7) is 0.383. The predicted octanol–water partition coefficient (Wildman–Crippen LogP) is 4.97. The van der Waals surface area contributed by atoms with Gasteiger partial charge in [-0.15, -0.1) is 0 Å². The Morgan fingerprint density at radius 2 is 1.67 bits per heavy atom. The van der Waals surface area contributed by atoms with Gasteiger partial charge in [-0.05, 0) is 56.3 Å². The topological polar surface area (TPSA) is 93.7 Å². The van der Waals surface area contributed by atoms with Crippen molar-refractivity contribution < 1.29 is 31.5 Å². The van der Waals surface area contributed by atoms with Gasteiger partial charge in [0.25, 0.3) is 15.9 Å². The van der Waals surface area contributed by atoms with Crippen molar-refractivity contribution in [3.8, 4) is 11.5 Å². The first-order valence-corrected chi connectivity index (χ1v) is 11.2. The van der Waals surface area contributed by atoms with E-state index in [0.29, 0.717) is 11.3 Å². The fourth-order valence-corrected chi connectivity index (χ4v) is 4.28. The quantitative estimate of drug-likeness (QED) is 0.479. The van der Waals surface area contributed by atoms with E-state index in [1.54, 1.807) is 24.3 Å². The highest BCUT2D eigenvalue weighted by atomic mass is 32.2. The Balaban J connectivity index is 1.90. The summed E-state index contributed by atoms with van der Waals surface area (Å²) < 4.78 is 63.2. The highest BCUT2D eigenvalue weighted by Crippen LogP contribution is 2.29. The molecule has 0 fully saturated rings. The van der Waals surface area contributed by atoms with E-state index in [0.717, 1.165) is 5.56 Å². The van der Waals surface area contributed by atoms with Gasteiger partial charge in [-0.25, -0.2) is 8.42 Å². The van der Waals surface area contributed by atoms with Gasteiger partial charge in [0.05, 0.1) is 7.11 Å². The normalized spacial score (nSPS) is 11.2. The van der Waals surface area contributed by atoms with Gasteiger partial charge in [0, 0.05) is 22.5 Å². The lowest BCUT2D eigenvalue weighted by Crippen LogP contribution is -2.17. The maximum atomic E-state index is 13.0. The number of aryl methyl sites for hydroxylation is 1. The van der Waals surface area contributed by atoms with Crippen LogP contribution in [0.15, 0.2) is 65.6 Å². The second-order valence-electron chi connectivity index (χ2n) is 7.10. The Morgan fingerprint density at radius 3 is 2.30 bits per heavy atom. The summed E-state index contributed by atoms with van der Waals surface area (Å²) in [7, 11) is -2.77. The molecule has 0 saturated carbocycles. The summed E-state index contributed by atoms with van der Waals surface area (Å²) in [4.78, 5) is 12.6. The highest BCUT2D eigenvalue weighted by Gasteiger charge is 2.22. The van der Waals surface area contributed by atoms with E-state index in [1.807, 2.05) is 6.92 Å². The van der Waals surface area contributed by atoms with Gasteiger partial charge in [-0.2, -0.15) is 8.78 Å². The number of amides is 1. The zero-order valence-electron chi connectivity index (χ0n) is 18.1. The number of anilines is 2. The molecule has 0 unspecified atom stereocenters. The molecule has 0 aromatic heterocycles. The average Bonchev–Trinajstić information content (AvgIpc) is 2.77. The van der Waals surface area contributed by atoms with E-state index in [-0.39, 0.29) is 27.6 Å². The molecule has 0 heterocycles. The maximum Gasteiger partial charge on any atom is 0.387 e. The molecule has 0 aliphatic carbocycles. The second kappa shape index (κ2) is 9.86. The molecule has 3 aromatic carbocycles. The molecule has 0 spiro atoms. The molecule has 0 atom stereocenters. The molecule has 0 saturated heterocycles. The molecule has 3 rings (SSSR count). The summed E-state index contributed by atoms with van der Waals surface area (Å²) in [5, 5.41) is 2.59. The fourth-order valence-electron chi connectivity index (χ4n) is 3.03. The molecule has 0 aliphatic heterocycles. The molecular weight excluding hydrogens is 454 g/mol. The first-order valence-electron chi connectivity index (χ1n) is 9.74. The van der Waals surface area contributed by atoms with Crippen LogP contribution in [0.3, 0.4) is 0 Å². The van der Waals surface area contributed by atoms with Crippen LogP contribution in [0.5, 0.6) is 11.5 Å². The van der Waals surface area contributed by atoms with E-state index >= 15 is 0 Å². The molecule has 3 aromatic rings. The minimum Gasteiger partial charge on any atom is -0.495 e. The fraction of sp³-hybridized carbons (Fsp3) is 0.174. The third-order valence-electron chi connectivity index (χ3n) is 4.77. The highest BCUT2D eigenvalue weighted by molar-refractivity contribution is 7.92. The van der Waals surface area contributed by atoms with Crippen molar-refractivity contribution in [2.75, 3.05) is 17.1 Å². The molecule has 7 nitrogen and oxygen atoms in total. The predicted molar refractivity (Wildman–Crippen MR) is 121 cm³/mol. The summed E-state index contributed by atoms with van der Waals surface area (Å²) in [6, 6.07) is 15.0. The summed E-state index contributed by atoms with van der Waals surface area (Å²) >= 11 is 0. The van der Waals surface area contributed by atoms with Gasteiger partial charge in [0.2, 0.25) is 0 Å². The van der Waals surface area contributed by atoms with E-state index in [1.165, 1.54) is 50.4 Å². The smallest absolute Gasteiger partial charge is 0.387 e. The SMILES string of the molecule is COc1ccc(C(=O)Nc2cccc(OC(F)F)c2C)cc1S(=O)(=O)Nc1ccc(C)cc1. The van der Waals surface area contributed by atoms with Crippen LogP contribution in [0.25, 0.3) is 0 Å². The third kappa shape index (κ3) is 5.78.